The number of aromatic nitrogens is 1. The number of amides is 1. The molecule has 0 atom stereocenters. The number of rotatable bonds is 2. The zero-order valence-corrected chi connectivity index (χ0v) is 9.22. The second-order valence-electron chi connectivity index (χ2n) is 3.45. The molecule has 0 saturated carbocycles. The van der Waals surface area contributed by atoms with E-state index in [0.29, 0.717) is 5.56 Å². The lowest BCUT2D eigenvalue weighted by atomic mass is 10.2. The molecule has 1 heterocycles. The molecule has 0 saturated heterocycles. The van der Waals surface area contributed by atoms with Crippen LogP contribution in [0.3, 0.4) is 0 Å². The first kappa shape index (κ1) is 11.7. The first-order valence-electron chi connectivity index (χ1n) is 5.13. The first-order chi connectivity index (χ1) is 8.72. The van der Waals surface area contributed by atoms with E-state index in [4.69, 9.17) is 5.26 Å². The fourth-order valence-corrected chi connectivity index (χ4v) is 1.41. The summed E-state index contributed by atoms with van der Waals surface area (Å²) in [5.41, 5.74) is 0.134. The van der Waals surface area contributed by atoms with E-state index in [1.54, 1.807) is 36.4 Å². The molecule has 0 bridgehead atoms. The minimum atomic E-state index is -0.712. The van der Waals surface area contributed by atoms with Gasteiger partial charge < -0.3 is 5.32 Å². The predicted octanol–water partition coefficient (Wildman–Crippen LogP) is 2.34. The normalized spacial score (nSPS) is 9.56. The number of nitrogens with one attached hydrogen (secondary N) is 1. The minimum Gasteiger partial charge on any atom is -0.305 e. The van der Waals surface area contributed by atoms with Crippen LogP contribution >= 0.6 is 0 Å². The van der Waals surface area contributed by atoms with Crippen LogP contribution in [-0.2, 0) is 0 Å². The predicted molar refractivity (Wildman–Crippen MR) is 63.3 cm³/mol. The quantitative estimate of drug-likeness (QED) is 0.877. The van der Waals surface area contributed by atoms with E-state index in [1.807, 2.05) is 0 Å². The Hall–Kier alpha value is -2.74. The molecule has 5 heteroatoms. The van der Waals surface area contributed by atoms with Crippen molar-refractivity contribution in [2.75, 3.05) is 5.32 Å². The van der Waals surface area contributed by atoms with Crippen LogP contribution in [0.15, 0.2) is 42.6 Å². The number of hydrogen-bond acceptors (Lipinski definition) is 3. The summed E-state index contributed by atoms with van der Waals surface area (Å²) in [5.74, 6) is -1.23. The smallest absolute Gasteiger partial charge is 0.256 e. The Morgan fingerprint density at radius 1 is 1.28 bits per heavy atom. The number of halogens is 1. The van der Waals surface area contributed by atoms with Crippen molar-refractivity contribution in [3.05, 3.63) is 59.5 Å². The second kappa shape index (κ2) is 5.06. The molecule has 4 nitrogen and oxygen atoms in total. The summed E-state index contributed by atoms with van der Waals surface area (Å²) >= 11 is 0. The number of anilines is 1. The van der Waals surface area contributed by atoms with Crippen molar-refractivity contribution in [3.63, 3.8) is 0 Å². The van der Waals surface area contributed by atoms with Crippen LogP contribution in [0.25, 0.3) is 0 Å². The van der Waals surface area contributed by atoms with E-state index < -0.39 is 11.7 Å². The van der Waals surface area contributed by atoms with Crippen molar-refractivity contribution in [3.8, 4) is 6.07 Å². The van der Waals surface area contributed by atoms with Gasteiger partial charge in [-0.05, 0) is 18.2 Å². The molecule has 0 aliphatic heterocycles. The van der Waals surface area contributed by atoms with Gasteiger partial charge in [0, 0.05) is 11.8 Å². The van der Waals surface area contributed by atoms with Gasteiger partial charge >= 0.3 is 0 Å². The van der Waals surface area contributed by atoms with Gasteiger partial charge in [0.1, 0.15) is 17.4 Å². The van der Waals surface area contributed by atoms with Gasteiger partial charge in [0.25, 0.3) is 5.91 Å². The van der Waals surface area contributed by atoms with Gasteiger partial charge in [0.15, 0.2) is 5.82 Å². The third-order valence-corrected chi connectivity index (χ3v) is 2.28. The largest absolute Gasteiger partial charge is 0.305 e. The van der Waals surface area contributed by atoms with Crippen molar-refractivity contribution in [1.82, 2.24) is 4.98 Å². The van der Waals surface area contributed by atoms with Crippen LogP contribution in [0.5, 0.6) is 0 Å². The molecule has 0 aliphatic carbocycles. The summed E-state index contributed by atoms with van der Waals surface area (Å²) in [6, 6.07) is 11.1. The molecule has 0 radical (unpaired) electrons. The summed E-state index contributed by atoms with van der Waals surface area (Å²) in [7, 11) is 0. The molecule has 18 heavy (non-hydrogen) atoms. The fourth-order valence-electron chi connectivity index (χ4n) is 1.41. The van der Waals surface area contributed by atoms with Gasteiger partial charge in [0.2, 0.25) is 0 Å². The summed E-state index contributed by atoms with van der Waals surface area (Å²) in [6.07, 6.45) is 1.19. The highest BCUT2D eigenvalue weighted by Crippen LogP contribution is 2.15. The third-order valence-electron chi connectivity index (χ3n) is 2.28. The van der Waals surface area contributed by atoms with E-state index >= 15 is 0 Å². The van der Waals surface area contributed by atoms with Crippen LogP contribution in [0.4, 0.5) is 10.2 Å². The molecule has 2 rings (SSSR count). The van der Waals surface area contributed by atoms with E-state index in [1.165, 1.54) is 6.20 Å². The molecule has 0 fully saturated rings. The molecule has 1 aromatic heterocycles. The highest BCUT2D eigenvalue weighted by atomic mass is 19.1. The monoisotopic (exact) mass is 241 g/mol. The maximum absolute atomic E-state index is 13.3. The van der Waals surface area contributed by atoms with Crippen LogP contribution in [0.2, 0.25) is 0 Å². The number of carbonyl (C=O) groups excluding carboxylic acids is 1. The summed E-state index contributed by atoms with van der Waals surface area (Å²) < 4.78 is 13.3. The van der Waals surface area contributed by atoms with E-state index in [0.717, 1.165) is 6.07 Å². The molecule has 1 N–H and O–H groups in total. The molecular formula is C13H8FN3O. The van der Waals surface area contributed by atoms with E-state index in [2.05, 4.69) is 10.3 Å². The second-order valence-corrected chi connectivity index (χ2v) is 3.45. The zero-order valence-electron chi connectivity index (χ0n) is 9.22. The molecule has 0 aliphatic rings. The van der Waals surface area contributed by atoms with Gasteiger partial charge in [-0.3, -0.25) is 4.79 Å². The molecule has 1 amide bonds. The van der Waals surface area contributed by atoms with Crippen molar-refractivity contribution in [2.24, 2.45) is 0 Å². The molecule has 0 unspecified atom stereocenters. The van der Waals surface area contributed by atoms with Crippen molar-refractivity contribution in [2.45, 2.75) is 0 Å². The van der Waals surface area contributed by atoms with Crippen LogP contribution in [-0.4, -0.2) is 10.9 Å². The SMILES string of the molecule is N#Cc1c(F)ccnc1NC(=O)c1ccccc1. The van der Waals surface area contributed by atoms with Gasteiger partial charge in [-0.1, -0.05) is 18.2 Å². The zero-order chi connectivity index (χ0) is 13.0. The Bertz CT molecular complexity index is 620. The highest BCUT2D eigenvalue weighted by Gasteiger charge is 2.12. The summed E-state index contributed by atoms with van der Waals surface area (Å²) in [4.78, 5) is 15.6. The Kier molecular flexibility index (Phi) is 3.30. The van der Waals surface area contributed by atoms with Gasteiger partial charge in [-0.25, -0.2) is 9.37 Å². The topological polar surface area (TPSA) is 65.8 Å². The molecule has 0 spiro atoms. The number of benzene rings is 1. The summed E-state index contributed by atoms with van der Waals surface area (Å²) in [6.45, 7) is 0. The number of nitrogens with zero attached hydrogens (tertiary/aromatic N) is 2. The van der Waals surface area contributed by atoms with E-state index in [9.17, 15) is 9.18 Å². The Labute approximate surface area is 103 Å². The number of nitriles is 1. The average Bonchev–Trinajstić information content (AvgIpc) is 2.40. The highest BCUT2D eigenvalue weighted by molar-refractivity contribution is 6.04. The minimum absolute atomic E-state index is 0.0775. The number of hydrogen-bond donors (Lipinski definition) is 1. The Morgan fingerprint density at radius 3 is 2.67 bits per heavy atom. The first-order valence-corrected chi connectivity index (χ1v) is 5.13. The van der Waals surface area contributed by atoms with Crippen molar-refractivity contribution in [1.29, 1.82) is 5.26 Å². The number of pyridine rings is 1. The summed E-state index contributed by atoms with van der Waals surface area (Å²) in [5, 5.41) is 11.2. The molecule has 2 aromatic rings. The lowest BCUT2D eigenvalue weighted by molar-refractivity contribution is 0.102. The molecular weight excluding hydrogens is 233 g/mol. The lowest BCUT2D eigenvalue weighted by Gasteiger charge is -2.06. The molecule has 1 aromatic carbocycles. The van der Waals surface area contributed by atoms with Crippen molar-refractivity contribution >= 4 is 11.7 Å². The number of carbonyl (C=O) groups is 1. The fraction of sp³-hybridized carbons (Fsp3) is 0. The standard InChI is InChI=1S/C13H8FN3O/c14-11-6-7-16-12(10(11)8-15)17-13(18)9-4-2-1-3-5-9/h1-7H,(H,16,17,18). The van der Waals surface area contributed by atoms with Gasteiger partial charge in [-0.15, -0.1) is 0 Å². The van der Waals surface area contributed by atoms with Crippen LogP contribution in [0, 0.1) is 17.1 Å². The lowest BCUT2D eigenvalue weighted by Crippen LogP contribution is -2.14. The van der Waals surface area contributed by atoms with Gasteiger partial charge in [-0.2, -0.15) is 5.26 Å². The van der Waals surface area contributed by atoms with Crippen molar-refractivity contribution < 1.29 is 9.18 Å². The third kappa shape index (κ3) is 2.33. The maximum atomic E-state index is 13.3. The molecule has 88 valence electrons. The van der Waals surface area contributed by atoms with Crippen LogP contribution in [0.1, 0.15) is 15.9 Å². The Balaban J connectivity index is 2.29. The maximum Gasteiger partial charge on any atom is 0.256 e. The van der Waals surface area contributed by atoms with Gasteiger partial charge in [0.05, 0.1) is 0 Å². The Morgan fingerprint density at radius 2 is 2.00 bits per heavy atom. The van der Waals surface area contributed by atoms with E-state index in [-0.39, 0.29) is 11.4 Å². The van der Waals surface area contributed by atoms with Crippen LogP contribution < -0.4 is 5.32 Å². The average molecular weight is 241 g/mol.